The summed E-state index contributed by atoms with van der Waals surface area (Å²) in [5.74, 6) is 0.624. The van der Waals surface area contributed by atoms with Gasteiger partial charge in [-0.25, -0.2) is 9.97 Å². The average Bonchev–Trinajstić information content (AvgIpc) is 2.60. The molecule has 0 fully saturated rings. The Morgan fingerprint density at radius 3 is 2.50 bits per heavy atom. The molecule has 26 heavy (non-hydrogen) atoms. The molecule has 9 heteroatoms. The Morgan fingerprint density at radius 1 is 1.15 bits per heavy atom. The summed E-state index contributed by atoms with van der Waals surface area (Å²) in [5, 5.41) is 15.0. The predicted octanol–water partition coefficient (Wildman–Crippen LogP) is 4.59. The van der Waals surface area contributed by atoms with Crippen molar-refractivity contribution >= 4 is 28.9 Å². The van der Waals surface area contributed by atoms with Crippen molar-refractivity contribution in [1.82, 2.24) is 15.0 Å². The van der Waals surface area contributed by atoms with Crippen LogP contribution < -0.4 is 10.1 Å². The van der Waals surface area contributed by atoms with E-state index in [1.54, 1.807) is 36.5 Å². The molecule has 2 aromatic heterocycles. The largest absolute Gasteiger partial charge is 0.434 e. The van der Waals surface area contributed by atoms with Crippen LogP contribution in [0.4, 0.5) is 17.3 Å². The van der Waals surface area contributed by atoms with Gasteiger partial charge in [-0.3, -0.25) is 10.1 Å². The highest BCUT2D eigenvalue weighted by Crippen LogP contribution is 2.36. The summed E-state index contributed by atoms with van der Waals surface area (Å²) >= 11 is 6.14. The summed E-state index contributed by atoms with van der Waals surface area (Å²) in [7, 11) is 0. The SMILES string of the molecule is Cc1cc(Oc2ncnc(Nc3ccccn3)c2[N+](=O)[O-])cc(C)c1Cl. The minimum absolute atomic E-state index is 0.0129. The van der Waals surface area contributed by atoms with Crippen LogP contribution in [0.25, 0.3) is 0 Å². The van der Waals surface area contributed by atoms with Gasteiger partial charge in [0.2, 0.25) is 5.82 Å². The van der Waals surface area contributed by atoms with Gasteiger partial charge < -0.3 is 10.1 Å². The van der Waals surface area contributed by atoms with E-state index in [9.17, 15) is 10.1 Å². The Kier molecular flexibility index (Phi) is 4.94. The first kappa shape index (κ1) is 17.6. The number of hydrogen-bond acceptors (Lipinski definition) is 7. The lowest BCUT2D eigenvalue weighted by molar-refractivity contribution is -0.385. The topological polar surface area (TPSA) is 103 Å². The molecule has 0 aliphatic heterocycles. The molecule has 0 saturated heterocycles. The number of rotatable bonds is 5. The smallest absolute Gasteiger partial charge is 0.373 e. The molecule has 132 valence electrons. The molecule has 0 unspecified atom stereocenters. The summed E-state index contributed by atoms with van der Waals surface area (Å²) < 4.78 is 5.65. The van der Waals surface area contributed by atoms with Crippen molar-refractivity contribution in [3.05, 3.63) is 69.1 Å². The first-order valence-electron chi connectivity index (χ1n) is 7.57. The molecule has 0 atom stereocenters. The van der Waals surface area contributed by atoms with Gasteiger partial charge in [0, 0.05) is 11.2 Å². The second kappa shape index (κ2) is 7.32. The van der Waals surface area contributed by atoms with E-state index in [2.05, 4.69) is 20.3 Å². The molecule has 0 aliphatic rings. The van der Waals surface area contributed by atoms with Gasteiger partial charge in [-0.15, -0.1) is 0 Å². The van der Waals surface area contributed by atoms with Crippen molar-refractivity contribution in [1.29, 1.82) is 0 Å². The second-order valence-electron chi connectivity index (χ2n) is 5.45. The molecule has 0 saturated carbocycles. The number of ether oxygens (including phenoxy) is 1. The zero-order chi connectivity index (χ0) is 18.7. The molecule has 0 spiro atoms. The molecule has 2 heterocycles. The van der Waals surface area contributed by atoms with Crippen LogP contribution >= 0.6 is 11.6 Å². The number of anilines is 2. The van der Waals surface area contributed by atoms with Crippen LogP contribution in [-0.2, 0) is 0 Å². The van der Waals surface area contributed by atoms with Crippen LogP contribution in [0, 0.1) is 24.0 Å². The summed E-state index contributed by atoms with van der Waals surface area (Å²) in [6, 6.07) is 8.52. The van der Waals surface area contributed by atoms with E-state index >= 15 is 0 Å². The highest BCUT2D eigenvalue weighted by molar-refractivity contribution is 6.32. The molecule has 0 amide bonds. The van der Waals surface area contributed by atoms with E-state index in [4.69, 9.17) is 16.3 Å². The van der Waals surface area contributed by atoms with Crippen molar-refractivity contribution in [3.8, 4) is 11.6 Å². The molecule has 8 nitrogen and oxygen atoms in total. The molecule has 0 aliphatic carbocycles. The standard InChI is InChI=1S/C17H14ClN5O3/c1-10-7-12(8-11(2)14(10)18)26-17-15(23(24)25)16(20-9-21-17)22-13-5-3-4-6-19-13/h3-9H,1-2H3,(H,19,20,21,22). The Balaban J connectivity index is 2.00. The van der Waals surface area contributed by atoms with Gasteiger partial charge in [0.15, 0.2) is 0 Å². The summed E-state index contributed by atoms with van der Waals surface area (Å²) in [6.45, 7) is 3.65. The maximum Gasteiger partial charge on any atom is 0.373 e. The van der Waals surface area contributed by atoms with E-state index in [-0.39, 0.29) is 17.4 Å². The minimum Gasteiger partial charge on any atom is -0.434 e. The number of nitro groups is 1. The van der Waals surface area contributed by atoms with Crippen molar-refractivity contribution in [2.24, 2.45) is 0 Å². The van der Waals surface area contributed by atoms with Gasteiger partial charge in [-0.1, -0.05) is 17.7 Å². The number of benzene rings is 1. The lowest BCUT2D eigenvalue weighted by Gasteiger charge is -2.11. The van der Waals surface area contributed by atoms with Gasteiger partial charge in [-0.05, 0) is 49.2 Å². The Bertz CT molecular complexity index is 943. The van der Waals surface area contributed by atoms with E-state index in [1.807, 2.05) is 13.8 Å². The third-order valence-corrected chi connectivity index (χ3v) is 4.10. The Hall–Kier alpha value is -3.26. The van der Waals surface area contributed by atoms with Crippen LogP contribution in [0.5, 0.6) is 11.6 Å². The zero-order valence-electron chi connectivity index (χ0n) is 13.9. The number of aromatic nitrogens is 3. The van der Waals surface area contributed by atoms with E-state index in [0.717, 1.165) is 11.1 Å². The van der Waals surface area contributed by atoms with Crippen molar-refractivity contribution in [2.75, 3.05) is 5.32 Å². The fourth-order valence-electron chi connectivity index (χ4n) is 2.33. The molecule has 0 radical (unpaired) electrons. The number of aryl methyl sites for hydroxylation is 2. The lowest BCUT2D eigenvalue weighted by Crippen LogP contribution is -2.04. The lowest BCUT2D eigenvalue weighted by atomic mass is 10.1. The maximum atomic E-state index is 11.6. The highest BCUT2D eigenvalue weighted by Gasteiger charge is 2.25. The fourth-order valence-corrected chi connectivity index (χ4v) is 2.44. The number of hydrogen-bond donors (Lipinski definition) is 1. The monoisotopic (exact) mass is 371 g/mol. The van der Waals surface area contributed by atoms with Crippen LogP contribution in [0.2, 0.25) is 5.02 Å². The van der Waals surface area contributed by atoms with Crippen LogP contribution in [0.3, 0.4) is 0 Å². The fraction of sp³-hybridized carbons (Fsp3) is 0.118. The highest BCUT2D eigenvalue weighted by atomic mass is 35.5. The summed E-state index contributed by atoms with van der Waals surface area (Å²) in [5.41, 5.74) is 1.21. The van der Waals surface area contributed by atoms with Crippen LogP contribution in [-0.4, -0.2) is 19.9 Å². The molecule has 1 aromatic carbocycles. The molecule has 0 bridgehead atoms. The maximum absolute atomic E-state index is 11.6. The van der Waals surface area contributed by atoms with E-state index in [1.165, 1.54) is 6.33 Å². The summed E-state index contributed by atoms with van der Waals surface area (Å²) in [4.78, 5) is 22.9. The van der Waals surface area contributed by atoms with Gasteiger partial charge in [-0.2, -0.15) is 4.98 Å². The first-order chi connectivity index (χ1) is 12.5. The molecule has 3 aromatic rings. The van der Waals surface area contributed by atoms with Gasteiger partial charge >= 0.3 is 11.6 Å². The molecular formula is C17H14ClN5O3. The predicted molar refractivity (Wildman–Crippen MR) is 97.2 cm³/mol. The third kappa shape index (κ3) is 3.70. The van der Waals surface area contributed by atoms with Crippen LogP contribution in [0.15, 0.2) is 42.9 Å². The number of pyridine rings is 1. The number of nitrogens with zero attached hydrogens (tertiary/aromatic N) is 4. The van der Waals surface area contributed by atoms with Gasteiger partial charge in [0.05, 0.1) is 4.92 Å². The van der Waals surface area contributed by atoms with E-state index < -0.39 is 4.92 Å². The first-order valence-corrected chi connectivity index (χ1v) is 7.95. The normalized spacial score (nSPS) is 10.4. The Labute approximate surface area is 154 Å². The number of nitrogens with one attached hydrogen (secondary N) is 1. The quantitative estimate of drug-likeness (QED) is 0.516. The van der Waals surface area contributed by atoms with Crippen molar-refractivity contribution < 1.29 is 9.66 Å². The third-order valence-electron chi connectivity index (χ3n) is 3.51. The van der Waals surface area contributed by atoms with Gasteiger partial charge in [0.1, 0.15) is 17.9 Å². The average molecular weight is 372 g/mol. The zero-order valence-corrected chi connectivity index (χ0v) is 14.7. The van der Waals surface area contributed by atoms with Crippen molar-refractivity contribution in [2.45, 2.75) is 13.8 Å². The molecule has 1 N–H and O–H groups in total. The second-order valence-corrected chi connectivity index (χ2v) is 5.82. The number of halogens is 1. The van der Waals surface area contributed by atoms with Gasteiger partial charge in [0.25, 0.3) is 0 Å². The molecule has 3 rings (SSSR count). The molecular weight excluding hydrogens is 358 g/mol. The van der Waals surface area contributed by atoms with Crippen molar-refractivity contribution in [3.63, 3.8) is 0 Å². The minimum atomic E-state index is -0.601. The summed E-state index contributed by atoms with van der Waals surface area (Å²) in [6.07, 6.45) is 2.75. The van der Waals surface area contributed by atoms with Crippen LogP contribution in [0.1, 0.15) is 11.1 Å². The Morgan fingerprint density at radius 2 is 1.88 bits per heavy atom. The van der Waals surface area contributed by atoms with E-state index in [0.29, 0.717) is 16.6 Å².